The number of carbonyl (C=O) groups excluding carboxylic acids is 1. The van der Waals surface area contributed by atoms with Gasteiger partial charge in [-0.05, 0) is 12.1 Å². The maximum Gasteiger partial charge on any atom is 0.153 e. The molecule has 86 valence electrons. The first kappa shape index (κ1) is 12.0. The predicted octanol–water partition coefficient (Wildman–Crippen LogP) is 4.01. The lowest BCUT2D eigenvalue weighted by Crippen LogP contribution is -1.93. The molecule has 0 N–H and O–H groups in total. The number of halogens is 3. The highest BCUT2D eigenvalue weighted by Gasteiger charge is 2.10. The van der Waals surface area contributed by atoms with Gasteiger partial charge in [-0.1, -0.05) is 35.3 Å². The molecular weight excluding hydrogens is 264 g/mol. The van der Waals surface area contributed by atoms with Crippen molar-refractivity contribution < 1.29 is 9.18 Å². The predicted molar refractivity (Wildman–Crippen MR) is 65.0 cm³/mol. The molecule has 1 aromatic carbocycles. The van der Waals surface area contributed by atoms with E-state index in [-0.39, 0.29) is 5.56 Å². The Bertz CT molecular complexity index is 587. The molecule has 0 aliphatic carbocycles. The molecule has 5 heteroatoms. The van der Waals surface area contributed by atoms with Crippen LogP contribution in [0, 0.1) is 5.82 Å². The third kappa shape index (κ3) is 2.30. The molecule has 2 rings (SSSR count). The van der Waals surface area contributed by atoms with Crippen molar-refractivity contribution >= 4 is 29.5 Å². The fourth-order valence-corrected chi connectivity index (χ4v) is 1.79. The largest absolute Gasteiger partial charge is 0.298 e. The van der Waals surface area contributed by atoms with Crippen LogP contribution in [0.1, 0.15) is 10.4 Å². The summed E-state index contributed by atoms with van der Waals surface area (Å²) in [5.41, 5.74) is 0.898. The van der Waals surface area contributed by atoms with Gasteiger partial charge in [0.15, 0.2) is 12.1 Å². The van der Waals surface area contributed by atoms with E-state index in [1.165, 1.54) is 6.07 Å². The first-order valence-electron chi connectivity index (χ1n) is 4.68. The first-order chi connectivity index (χ1) is 8.13. The van der Waals surface area contributed by atoms with Crippen molar-refractivity contribution in [1.82, 2.24) is 4.98 Å². The van der Waals surface area contributed by atoms with E-state index in [4.69, 9.17) is 23.2 Å². The Hall–Kier alpha value is -1.45. The van der Waals surface area contributed by atoms with Crippen LogP contribution in [0.5, 0.6) is 0 Å². The van der Waals surface area contributed by atoms with Crippen LogP contribution in [0.15, 0.2) is 30.5 Å². The summed E-state index contributed by atoms with van der Waals surface area (Å²) >= 11 is 11.9. The van der Waals surface area contributed by atoms with Gasteiger partial charge in [-0.25, -0.2) is 4.39 Å². The summed E-state index contributed by atoms with van der Waals surface area (Å²) in [4.78, 5) is 14.5. The Balaban J connectivity index is 2.61. The molecule has 0 spiro atoms. The number of aldehydes is 1. The Labute approximate surface area is 107 Å². The van der Waals surface area contributed by atoms with Crippen LogP contribution < -0.4 is 0 Å². The zero-order valence-corrected chi connectivity index (χ0v) is 9.97. The van der Waals surface area contributed by atoms with Gasteiger partial charge in [-0.2, -0.15) is 0 Å². The second kappa shape index (κ2) is 4.82. The van der Waals surface area contributed by atoms with E-state index in [1.807, 2.05) is 0 Å². The minimum atomic E-state index is -0.665. The van der Waals surface area contributed by atoms with E-state index in [0.717, 1.165) is 6.20 Å². The Morgan fingerprint density at radius 2 is 2.06 bits per heavy atom. The van der Waals surface area contributed by atoms with Gasteiger partial charge in [0.1, 0.15) is 0 Å². The molecule has 2 aromatic rings. The summed E-state index contributed by atoms with van der Waals surface area (Å²) in [6.45, 7) is 0. The summed E-state index contributed by atoms with van der Waals surface area (Å²) in [5.74, 6) is -0.665. The number of benzene rings is 1. The molecule has 1 heterocycles. The minimum absolute atomic E-state index is 0.0638. The maximum atomic E-state index is 13.1. The summed E-state index contributed by atoms with van der Waals surface area (Å²) in [7, 11) is 0. The molecule has 1 aromatic heterocycles. The Morgan fingerprint density at radius 3 is 2.76 bits per heavy atom. The van der Waals surface area contributed by atoms with E-state index in [9.17, 15) is 9.18 Å². The van der Waals surface area contributed by atoms with Crippen LogP contribution in [-0.2, 0) is 0 Å². The smallest absolute Gasteiger partial charge is 0.153 e. The fraction of sp³-hybridized carbons (Fsp3) is 0. The van der Waals surface area contributed by atoms with Gasteiger partial charge < -0.3 is 0 Å². The second-order valence-electron chi connectivity index (χ2n) is 3.31. The third-order valence-corrected chi connectivity index (χ3v) is 3.06. The number of hydrogen-bond acceptors (Lipinski definition) is 2. The van der Waals surface area contributed by atoms with Crippen molar-refractivity contribution in [3.05, 3.63) is 51.9 Å². The summed E-state index contributed by atoms with van der Waals surface area (Å²) in [5, 5.41) is 0.702. The van der Waals surface area contributed by atoms with Crippen LogP contribution in [0.4, 0.5) is 4.39 Å². The number of hydrogen-bond donors (Lipinski definition) is 0. The van der Waals surface area contributed by atoms with Crippen LogP contribution in [0.3, 0.4) is 0 Å². The van der Waals surface area contributed by atoms with Crippen molar-refractivity contribution in [3.8, 4) is 11.3 Å². The lowest BCUT2D eigenvalue weighted by Gasteiger charge is -2.05. The molecule has 0 radical (unpaired) electrons. The van der Waals surface area contributed by atoms with Gasteiger partial charge in [-0.15, -0.1) is 0 Å². The highest BCUT2D eigenvalue weighted by molar-refractivity contribution is 6.43. The highest BCUT2D eigenvalue weighted by atomic mass is 35.5. The molecule has 0 fully saturated rings. The Kier molecular flexibility index (Phi) is 3.41. The SMILES string of the molecule is O=Cc1cc(-c2cccc(Cl)c2Cl)ncc1F. The lowest BCUT2D eigenvalue weighted by atomic mass is 10.1. The number of pyridine rings is 1. The standard InChI is InChI=1S/C12H6Cl2FNO/c13-9-3-1-2-8(12(9)14)11-4-7(6-17)10(15)5-16-11/h1-6H. The molecule has 0 saturated heterocycles. The maximum absolute atomic E-state index is 13.1. The molecule has 0 unspecified atom stereocenters. The summed E-state index contributed by atoms with van der Waals surface area (Å²) < 4.78 is 13.1. The summed E-state index contributed by atoms with van der Waals surface area (Å²) in [6, 6.07) is 6.37. The van der Waals surface area contributed by atoms with Gasteiger partial charge in [0, 0.05) is 5.56 Å². The quantitative estimate of drug-likeness (QED) is 0.772. The molecule has 0 bridgehead atoms. The van der Waals surface area contributed by atoms with Crippen LogP contribution >= 0.6 is 23.2 Å². The van der Waals surface area contributed by atoms with E-state index >= 15 is 0 Å². The van der Waals surface area contributed by atoms with E-state index < -0.39 is 5.82 Å². The second-order valence-corrected chi connectivity index (χ2v) is 4.10. The average molecular weight is 270 g/mol. The summed E-state index contributed by atoms with van der Waals surface area (Å²) in [6.07, 6.45) is 1.41. The molecule has 17 heavy (non-hydrogen) atoms. The zero-order valence-electron chi connectivity index (χ0n) is 8.45. The lowest BCUT2D eigenvalue weighted by molar-refractivity contribution is 0.111. The van der Waals surface area contributed by atoms with Crippen molar-refractivity contribution in [2.24, 2.45) is 0 Å². The minimum Gasteiger partial charge on any atom is -0.298 e. The Morgan fingerprint density at radius 1 is 1.29 bits per heavy atom. The van der Waals surface area contributed by atoms with Crippen LogP contribution in [0.25, 0.3) is 11.3 Å². The van der Waals surface area contributed by atoms with Crippen molar-refractivity contribution in [2.45, 2.75) is 0 Å². The van der Waals surface area contributed by atoms with Crippen molar-refractivity contribution in [2.75, 3.05) is 0 Å². The molecule has 0 amide bonds. The number of nitrogens with zero attached hydrogens (tertiary/aromatic N) is 1. The van der Waals surface area contributed by atoms with E-state index in [1.54, 1.807) is 18.2 Å². The normalized spacial score (nSPS) is 10.3. The van der Waals surface area contributed by atoms with Gasteiger partial charge in [0.05, 0.1) is 27.5 Å². The first-order valence-corrected chi connectivity index (χ1v) is 5.44. The number of rotatable bonds is 2. The molecule has 0 aliphatic heterocycles. The fourth-order valence-electron chi connectivity index (χ4n) is 1.39. The van der Waals surface area contributed by atoms with Gasteiger partial charge in [0.25, 0.3) is 0 Å². The van der Waals surface area contributed by atoms with Crippen LogP contribution in [0.2, 0.25) is 10.0 Å². The monoisotopic (exact) mass is 269 g/mol. The molecule has 2 nitrogen and oxygen atoms in total. The van der Waals surface area contributed by atoms with Crippen LogP contribution in [-0.4, -0.2) is 11.3 Å². The molecule has 0 atom stereocenters. The molecule has 0 saturated carbocycles. The number of aromatic nitrogens is 1. The zero-order chi connectivity index (χ0) is 12.4. The third-order valence-electron chi connectivity index (χ3n) is 2.24. The van der Waals surface area contributed by atoms with E-state index in [2.05, 4.69) is 4.98 Å². The average Bonchev–Trinajstić information content (AvgIpc) is 2.34. The topological polar surface area (TPSA) is 30.0 Å². The van der Waals surface area contributed by atoms with Crippen molar-refractivity contribution in [1.29, 1.82) is 0 Å². The van der Waals surface area contributed by atoms with Gasteiger partial charge >= 0.3 is 0 Å². The highest BCUT2D eigenvalue weighted by Crippen LogP contribution is 2.32. The van der Waals surface area contributed by atoms with Gasteiger partial charge in [0.2, 0.25) is 0 Å². The molecule has 0 aliphatic rings. The van der Waals surface area contributed by atoms with Crippen molar-refractivity contribution in [3.63, 3.8) is 0 Å². The van der Waals surface area contributed by atoms with E-state index in [0.29, 0.717) is 27.6 Å². The van der Waals surface area contributed by atoms with Gasteiger partial charge in [-0.3, -0.25) is 9.78 Å². The number of carbonyl (C=O) groups is 1. The molecular formula is C12H6Cl2FNO.